The van der Waals surface area contributed by atoms with Gasteiger partial charge in [0.1, 0.15) is 0 Å². The van der Waals surface area contributed by atoms with Crippen molar-refractivity contribution in [3.8, 4) is 0 Å². The van der Waals surface area contributed by atoms with Crippen LogP contribution in [0.4, 0.5) is 0 Å². The fraction of sp³-hybridized carbons (Fsp3) is 0.158. The summed E-state index contributed by atoms with van der Waals surface area (Å²) in [6, 6.07) is 8.75. The quantitative estimate of drug-likeness (QED) is 0.266. The number of carbonyl (C=O) groups is 2. The molecular weight excluding hydrogens is 338 g/mol. The van der Waals surface area contributed by atoms with Crippen molar-refractivity contribution in [1.82, 2.24) is 0 Å². The Balaban J connectivity index is 0. The second-order valence-corrected chi connectivity index (χ2v) is 4.85. The standard InChI is InChI=1S/C19H20O4.2Na/c1-3-8-14(9-4-2)12-16(18(20)21)17(19(22)23)13-15-10-6-5-7-11-15;;/h3-11H,1,12-13H2,2H3,(H,20,21)(H,22,23);;/q;2*+1/p-2/b9-4-,14-8+,17-16-;;. The molecule has 0 atom stereocenters. The average Bonchev–Trinajstić information content (AvgIpc) is 2.51. The molecule has 0 radical (unpaired) electrons. The van der Waals surface area contributed by atoms with Crippen LogP contribution in [0.25, 0.3) is 0 Å². The van der Waals surface area contributed by atoms with E-state index < -0.39 is 11.9 Å². The Hall–Kier alpha value is -0.880. The Morgan fingerprint density at radius 1 is 1.04 bits per heavy atom. The molecule has 0 bridgehead atoms. The smallest absolute Gasteiger partial charge is 0.545 e. The molecule has 6 heteroatoms. The van der Waals surface area contributed by atoms with Crippen molar-refractivity contribution < 1.29 is 78.9 Å². The Labute approximate surface area is 192 Å². The third kappa shape index (κ3) is 9.40. The number of benzene rings is 1. The molecule has 0 aliphatic rings. The van der Waals surface area contributed by atoms with Gasteiger partial charge in [-0.1, -0.05) is 61.2 Å². The maximum Gasteiger partial charge on any atom is 1.00 e. The zero-order valence-electron chi connectivity index (χ0n) is 15.0. The minimum absolute atomic E-state index is 0. The van der Waals surface area contributed by atoms with E-state index in [1.54, 1.807) is 55.5 Å². The third-order valence-corrected chi connectivity index (χ3v) is 3.17. The van der Waals surface area contributed by atoms with Crippen LogP contribution in [0, 0.1) is 0 Å². The molecule has 0 heterocycles. The van der Waals surface area contributed by atoms with Crippen LogP contribution in [0.15, 0.2) is 77.9 Å². The van der Waals surface area contributed by atoms with Crippen LogP contribution in [0.5, 0.6) is 0 Å². The van der Waals surface area contributed by atoms with Crippen LogP contribution in [0.3, 0.4) is 0 Å². The first-order valence-electron chi connectivity index (χ1n) is 7.12. The van der Waals surface area contributed by atoms with Crippen LogP contribution in [-0.2, 0) is 16.0 Å². The molecular formula is C19H18Na2O4. The molecule has 25 heavy (non-hydrogen) atoms. The van der Waals surface area contributed by atoms with E-state index >= 15 is 0 Å². The van der Waals surface area contributed by atoms with Gasteiger partial charge in [-0.2, -0.15) is 0 Å². The summed E-state index contributed by atoms with van der Waals surface area (Å²) in [7, 11) is 0. The molecule has 120 valence electrons. The van der Waals surface area contributed by atoms with Gasteiger partial charge in [0.2, 0.25) is 0 Å². The van der Waals surface area contributed by atoms with Crippen molar-refractivity contribution in [2.45, 2.75) is 19.8 Å². The molecule has 0 saturated heterocycles. The van der Waals surface area contributed by atoms with Crippen molar-refractivity contribution in [2.75, 3.05) is 0 Å². The van der Waals surface area contributed by atoms with Crippen LogP contribution in [0.1, 0.15) is 18.9 Å². The fourth-order valence-corrected chi connectivity index (χ4v) is 2.15. The van der Waals surface area contributed by atoms with Crippen LogP contribution in [-0.4, -0.2) is 11.9 Å². The summed E-state index contributed by atoms with van der Waals surface area (Å²) >= 11 is 0. The van der Waals surface area contributed by atoms with E-state index in [0.29, 0.717) is 11.1 Å². The zero-order valence-corrected chi connectivity index (χ0v) is 19.0. The van der Waals surface area contributed by atoms with Crippen LogP contribution >= 0.6 is 0 Å². The monoisotopic (exact) mass is 356 g/mol. The van der Waals surface area contributed by atoms with Gasteiger partial charge >= 0.3 is 59.1 Å². The third-order valence-electron chi connectivity index (χ3n) is 3.17. The SMILES string of the molecule is C=C/C=C(\C=C/C)C/C(C(=O)[O-])=C(\Cc1ccccc1)C(=O)[O-].[Na+].[Na+]. The summed E-state index contributed by atoms with van der Waals surface area (Å²) in [5.74, 6) is -3.02. The summed E-state index contributed by atoms with van der Waals surface area (Å²) in [6.07, 6.45) is 6.45. The zero-order chi connectivity index (χ0) is 17.2. The van der Waals surface area contributed by atoms with E-state index in [1.165, 1.54) is 6.08 Å². The summed E-state index contributed by atoms with van der Waals surface area (Å²) < 4.78 is 0. The van der Waals surface area contributed by atoms with E-state index in [4.69, 9.17) is 0 Å². The van der Waals surface area contributed by atoms with Crippen molar-refractivity contribution >= 4 is 11.9 Å². The van der Waals surface area contributed by atoms with Crippen LogP contribution < -0.4 is 69.3 Å². The van der Waals surface area contributed by atoms with Crippen molar-refractivity contribution in [3.05, 3.63) is 83.5 Å². The largest absolute Gasteiger partial charge is 1.00 e. The predicted molar refractivity (Wildman–Crippen MR) is 84.9 cm³/mol. The number of allylic oxidation sites excluding steroid dienone is 5. The minimum atomic E-state index is -1.51. The van der Waals surface area contributed by atoms with E-state index in [2.05, 4.69) is 6.58 Å². The summed E-state index contributed by atoms with van der Waals surface area (Å²) in [5, 5.41) is 22.9. The van der Waals surface area contributed by atoms with Gasteiger partial charge in [-0.15, -0.1) is 0 Å². The second-order valence-electron chi connectivity index (χ2n) is 4.85. The first kappa shape index (κ1) is 26.4. The van der Waals surface area contributed by atoms with Crippen molar-refractivity contribution in [2.24, 2.45) is 0 Å². The number of aliphatic carboxylic acids is 2. The molecule has 1 aromatic carbocycles. The maximum atomic E-state index is 11.4. The first-order valence-corrected chi connectivity index (χ1v) is 7.12. The molecule has 0 aromatic heterocycles. The number of carboxylic acid groups (broad SMARTS) is 2. The van der Waals surface area contributed by atoms with Crippen LogP contribution in [0.2, 0.25) is 0 Å². The van der Waals surface area contributed by atoms with E-state index in [0.717, 1.165) is 0 Å². The van der Waals surface area contributed by atoms with Gasteiger partial charge in [0, 0.05) is 0 Å². The molecule has 0 amide bonds. The van der Waals surface area contributed by atoms with Gasteiger partial charge in [-0.05, 0) is 42.0 Å². The van der Waals surface area contributed by atoms with Gasteiger partial charge in [-0.3, -0.25) is 0 Å². The molecule has 1 aromatic rings. The number of hydrogen-bond donors (Lipinski definition) is 0. The second kappa shape index (κ2) is 14.3. The number of carboxylic acids is 2. The van der Waals surface area contributed by atoms with E-state index in [1.807, 2.05) is 0 Å². The molecule has 0 N–H and O–H groups in total. The van der Waals surface area contributed by atoms with Crippen molar-refractivity contribution in [1.29, 1.82) is 0 Å². The average molecular weight is 356 g/mol. The van der Waals surface area contributed by atoms with Gasteiger partial charge in [0.05, 0.1) is 11.9 Å². The van der Waals surface area contributed by atoms with Gasteiger partial charge in [0.25, 0.3) is 0 Å². The minimum Gasteiger partial charge on any atom is -0.545 e. The molecule has 0 aliphatic carbocycles. The fourth-order valence-electron chi connectivity index (χ4n) is 2.15. The Morgan fingerprint density at radius 2 is 1.60 bits per heavy atom. The Morgan fingerprint density at radius 3 is 2.04 bits per heavy atom. The molecule has 0 saturated carbocycles. The molecule has 0 aliphatic heterocycles. The number of rotatable bonds is 8. The molecule has 0 fully saturated rings. The first-order chi connectivity index (χ1) is 11.0. The van der Waals surface area contributed by atoms with Gasteiger partial charge in [0.15, 0.2) is 0 Å². The molecule has 4 nitrogen and oxygen atoms in total. The van der Waals surface area contributed by atoms with E-state index in [-0.39, 0.29) is 83.1 Å². The number of carbonyl (C=O) groups excluding carboxylic acids is 2. The normalized spacial score (nSPS) is 11.8. The maximum absolute atomic E-state index is 11.4. The van der Waals surface area contributed by atoms with Gasteiger partial charge < -0.3 is 19.8 Å². The summed E-state index contributed by atoms with van der Waals surface area (Å²) in [4.78, 5) is 22.9. The molecule has 1 rings (SSSR count). The topological polar surface area (TPSA) is 80.3 Å². The van der Waals surface area contributed by atoms with Gasteiger partial charge in [-0.25, -0.2) is 0 Å². The number of hydrogen-bond acceptors (Lipinski definition) is 4. The van der Waals surface area contributed by atoms with Crippen molar-refractivity contribution in [3.63, 3.8) is 0 Å². The Kier molecular flexibility index (Phi) is 15.1. The summed E-state index contributed by atoms with van der Waals surface area (Å²) in [6.45, 7) is 5.35. The summed E-state index contributed by atoms with van der Waals surface area (Å²) in [5.41, 5.74) is 0.731. The Bertz CT molecular complexity index is 674. The van der Waals surface area contributed by atoms with E-state index in [9.17, 15) is 19.8 Å². The molecule has 0 spiro atoms. The predicted octanol–water partition coefficient (Wildman–Crippen LogP) is -4.89. The molecule has 0 unspecified atom stereocenters.